The van der Waals surface area contributed by atoms with Crippen LogP contribution in [-0.4, -0.2) is 65.2 Å². The fourth-order valence-electron chi connectivity index (χ4n) is 3.68. The minimum atomic E-state index is -0.720. The molecule has 0 bridgehead atoms. The number of anilines is 2. The lowest BCUT2D eigenvalue weighted by atomic mass is 10.1. The Morgan fingerprint density at radius 2 is 1.94 bits per heavy atom. The second kappa shape index (κ2) is 10.1. The Kier molecular flexibility index (Phi) is 6.83. The molecule has 3 aromatic rings. The summed E-state index contributed by atoms with van der Waals surface area (Å²) in [6.45, 7) is 3.90. The quantitative estimate of drug-likeness (QED) is 0.595. The number of amides is 1. The highest BCUT2D eigenvalue weighted by molar-refractivity contribution is 5.87. The molecule has 0 atom stereocenters. The molecule has 4 rings (SSSR count). The molecule has 9 nitrogen and oxygen atoms in total. The molecule has 1 aromatic heterocycles. The van der Waals surface area contributed by atoms with Crippen molar-refractivity contribution in [1.29, 1.82) is 5.26 Å². The van der Waals surface area contributed by atoms with Crippen molar-refractivity contribution in [2.45, 2.75) is 0 Å². The first-order chi connectivity index (χ1) is 16.1. The zero-order valence-corrected chi connectivity index (χ0v) is 17.8. The molecular weight excluding hydrogens is 427 g/mol. The maximum atomic E-state index is 13.1. The van der Waals surface area contributed by atoms with Crippen LogP contribution in [0.3, 0.4) is 0 Å². The number of benzene rings is 2. The summed E-state index contributed by atoms with van der Waals surface area (Å²) in [5.74, 6) is -0.136. The summed E-state index contributed by atoms with van der Waals surface area (Å²) in [4.78, 5) is 16.6. The molecule has 1 fully saturated rings. The topological polar surface area (TPSA) is 107 Å². The molecule has 170 valence electrons. The summed E-state index contributed by atoms with van der Waals surface area (Å²) in [6.07, 6.45) is 2.17. The minimum Gasteiger partial charge on any atom is -0.407 e. The Balaban J connectivity index is 1.38. The highest BCUT2D eigenvalue weighted by atomic mass is 19.1. The molecule has 1 aliphatic heterocycles. The van der Waals surface area contributed by atoms with Crippen LogP contribution in [0, 0.1) is 17.1 Å². The van der Waals surface area contributed by atoms with E-state index in [0.717, 1.165) is 31.9 Å². The molecule has 0 spiro atoms. The zero-order valence-electron chi connectivity index (χ0n) is 17.8. The normalized spacial score (nSPS) is 14.0. The average molecular weight is 450 g/mol. The smallest absolute Gasteiger partial charge is 0.407 e. The van der Waals surface area contributed by atoms with Crippen molar-refractivity contribution in [1.82, 2.24) is 14.7 Å². The number of ether oxygens (including phenoxy) is 1. The Bertz CT molecular complexity index is 1150. The Labute approximate surface area is 190 Å². The molecule has 0 aliphatic carbocycles. The van der Waals surface area contributed by atoms with E-state index in [0.29, 0.717) is 23.5 Å². The molecule has 0 radical (unpaired) electrons. The van der Waals surface area contributed by atoms with Crippen molar-refractivity contribution in [2.75, 3.05) is 49.5 Å². The van der Waals surface area contributed by atoms with Gasteiger partial charge in [-0.3, -0.25) is 10.2 Å². The Morgan fingerprint density at radius 1 is 1.18 bits per heavy atom. The van der Waals surface area contributed by atoms with E-state index in [2.05, 4.69) is 26.3 Å². The van der Waals surface area contributed by atoms with Gasteiger partial charge in [-0.1, -0.05) is 0 Å². The van der Waals surface area contributed by atoms with Gasteiger partial charge in [0.05, 0.1) is 35.9 Å². The molecule has 1 amide bonds. The van der Waals surface area contributed by atoms with E-state index in [1.807, 2.05) is 6.07 Å². The number of β-amino-alcohol motifs (C(OH)–C–C–N with tert-alkyl or cyclic N) is 1. The second-order valence-electron chi connectivity index (χ2n) is 7.51. The maximum absolute atomic E-state index is 13.1. The van der Waals surface area contributed by atoms with Gasteiger partial charge in [-0.2, -0.15) is 10.4 Å². The Morgan fingerprint density at radius 3 is 2.64 bits per heavy atom. The summed E-state index contributed by atoms with van der Waals surface area (Å²) >= 11 is 0. The lowest BCUT2D eigenvalue weighted by Gasteiger charge is -2.36. The van der Waals surface area contributed by atoms with Gasteiger partial charge in [-0.05, 0) is 42.5 Å². The van der Waals surface area contributed by atoms with Crippen LogP contribution in [-0.2, 0) is 0 Å². The van der Waals surface area contributed by atoms with Gasteiger partial charge < -0.3 is 14.7 Å². The number of aliphatic hydroxyl groups excluding tert-OH is 1. The summed E-state index contributed by atoms with van der Waals surface area (Å²) in [6, 6.07) is 13.1. The number of aliphatic hydroxyl groups is 1. The number of halogens is 1. The van der Waals surface area contributed by atoms with Crippen molar-refractivity contribution in [3.05, 3.63) is 66.2 Å². The minimum absolute atomic E-state index is 0.132. The predicted octanol–water partition coefficient (Wildman–Crippen LogP) is 2.61. The predicted molar refractivity (Wildman–Crippen MR) is 120 cm³/mol. The fourth-order valence-corrected chi connectivity index (χ4v) is 3.68. The number of carbonyl (C=O) groups excluding carboxylic acids is 1. The van der Waals surface area contributed by atoms with E-state index in [1.54, 1.807) is 24.3 Å². The zero-order chi connectivity index (χ0) is 23.2. The summed E-state index contributed by atoms with van der Waals surface area (Å²) < 4.78 is 19.8. The van der Waals surface area contributed by atoms with Crippen LogP contribution in [0.15, 0.2) is 54.9 Å². The first-order valence-electron chi connectivity index (χ1n) is 10.5. The number of carbonyl (C=O) groups is 1. The molecule has 1 aliphatic rings. The van der Waals surface area contributed by atoms with Crippen molar-refractivity contribution >= 4 is 17.5 Å². The largest absolute Gasteiger partial charge is 0.417 e. The van der Waals surface area contributed by atoms with E-state index in [1.165, 1.54) is 29.2 Å². The first kappa shape index (κ1) is 22.3. The number of nitrogens with one attached hydrogen (secondary N) is 1. The SMILES string of the molecule is N#Cc1cc(NC(=O)Oc2cnn(-c3ccc(F)cc3)c2)ccc1N1CCN(CCO)CC1. The number of nitrogens with zero attached hydrogens (tertiary/aromatic N) is 5. The standard InChI is InChI=1S/C23H23FN6O3/c24-18-1-4-20(5-2-18)30-16-21(15-26-30)33-23(32)27-19-3-6-22(17(13-19)14-25)29-9-7-28(8-10-29)11-12-31/h1-6,13,15-16,31H,7-12H2,(H,27,32). The number of rotatable bonds is 6. The van der Waals surface area contributed by atoms with E-state index in [-0.39, 0.29) is 18.2 Å². The molecule has 33 heavy (non-hydrogen) atoms. The van der Waals surface area contributed by atoms with Gasteiger partial charge in [0, 0.05) is 38.4 Å². The molecule has 0 unspecified atom stereocenters. The molecular formula is C23H23FN6O3. The number of aromatic nitrogens is 2. The molecule has 2 heterocycles. The van der Waals surface area contributed by atoms with Gasteiger partial charge in [0.25, 0.3) is 0 Å². The van der Waals surface area contributed by atoms with Gasteiger partial charge in [0.2, 0.25) is 0 Å². The fraction of sp³-hybridized carbons (Fsp3) is 0.261. The van der Waals surface area contributed by atoms with Crippen molar-refractivity contribution < 1.29 is 19.0 Å². The van der Waals surface area contributed by atoms with E-state index < -0.39 is 6.09 Å². The lowest BCUT2D eigenvalue weighted by molar-refractivity contribution is 0.189. The molecule has 0 saturated carbocycles. The van der Waals surface area contributed by atoms with Crippen LogP contribution in [0.2, 0.25) is 0 Å². The van der Waals surface area contributed by atoms with Crippen molar-refractivity contribution in [3.8, 4) is 17.5 Å². The van der Waals surface area contributed by atoms with Crippen LogP contribution in [0.4, 0.5) is 20.6 Å². The maximum Gasteiger partial charge on any atom is 0.417 e. The molecule has 2 N–H and O–H groups in total. The van der Waals surface area contributed by atoms with E-state index in [4.69, 9.17) is 9.84 Å². The average Bonchev–Trinajstić information content (AvgIpc) is 3.28. The van der Waals surface area contributed by atoms with Gasteiger partial charge in [0.15, 0.2) is 5.75 Å². The highest BCUT2D eigenvalue weighted by Crippen LogP contribution is 2.25. The third-order valence-corrected chi connectivity index (χ3v) is 5.35. The highest BCUT2D eigenvalue weighted by Gasteiger charge is 2.19. The Hall–Kier alpha value is -3.94. The number of nitriles is 1. The number of hydrogen-bond donors (Lipinski definition) is 2. The lowest BCUT2D eigenvalue weighted by Crippen LogP contribution is -2.47. The van der Waals surface area contributed by atoms with Crippen molar-refractivity contribution in [2.24, 2.45) is 0 Å². The monoisotopic (exact) mass is 450 g/mol. The van der Waals surface area contributed by atoms with Gasteiger partial charge in [0.1, 0.15) is 11.9 Å². The van der Waals surface area contributed by atoms with Crippen LogP contribution in [0.1, 0.15) is 5.56 Å². The van der Waals surface area contributed by atoms with Gasteiger partial charge in [-0.25, -0.2) is 13.9 Å². The molecule has 10 heteroatoms. The third kappa shape index (κ3) is 5.46. The van der Waals surface area contributed by atoms with Gasteiger partial charge >= 0.3 is 6.09 Å². The van der Waals surface area contributed by atoms with Crippen LogP contribution in [0.25, 0.3) is 5.69 Å². The summed E-state index contributed by atoms with van der Waals surface area (Å²) in [5, 5.41) is 25.4. The molecule has 2 aromatic carbocycles. The second-order valence-corrected chi connectivity index (χ2v) is 7.51. The first-order valence-corrected chi connectivity index (χ1v) is 10.5. The summed E-state index contributed by atoms with van der Waals surface area (Å²) in [7, 11) is 0. The molecule has 1 saturated heterocycles. The van der Waals surface area contributed by atoms with Crippen LogP contribution < -0.4 is 15.0 Å². The van der Waals surface area contributed by atoms with Crippen molar-refractivity contribution in [3.63, 3.8) is 0 Å². The van der Waals surface area contributed by atoms with Crippen LogP contribution in [0.5, 0.6) is 5.75 Å². The number of piperazine rings is 1. The third-order valence-electron chi connectivity index (χ3n) is 5.35. The number of hydrogen-bond acceptors (Lipinski definition) is 7. The summed E-state index contributed by atoms with van der Waals surface area (Å²) in [5.41, 5.74) is 2.32. The van der Waals surface area contributed by atoms with E-state index in [9.17, 15) is 14.4 Å². The van der Waals surface area contributed by atoms with Gasteiger partial charge in [-0.15, -0.1) is 0 Å². The van der Waals surface area contributed by atoms with Crippen LogP contribution >= 0.6 is 0 Å². The van der Waals surface area contributed by atoms with E-state index >= 15 is 0 Å².